The molecule has 0 aliphatic heterocycles. The number of carbonyl (C=O) groups is 1. The lowest BCUT2D eigenvalue weighted by Gasteiger charge is -2.22. The Hall–Kier alpha value is -1.06. The molecule has 1 rings (SSSR count). The Morgan fingerprint density at radius 1 is 1.47 bits per heavy atom. The molecule has 0 bridgehead atoms. The van der Waals surface area contributed by atoms with Crippen molar-refractivity contribution in [1.29, 1.82) is 0 Å². The largest absolute Gasteiger partial charge is 0.469 e. The molecular weight excluding hydrogens is 264 g/mol. The van der Waals surface area contributed by atoms with Crippen LogP contribution in [0.3, 0.4) is 0 Å². The molecule has 19 heavy (non-hydrogen) atoms. The maximum Gasteiger partial charge on any atom is 0.311 e. The molecule has 0 heterocycles. The molecule has 4 heteroatoms. The zero-order valence-corrected chi connectivity index (χ0v) is 12.4. The summed E-state index contributed by atoms with van der Waals surface area (Å²) in [5, 5.41) is 11.1. The molecule has 0 aliphatic carbocycles. The summed E-state index contributed by atoms with van der Waals surface area (Å²) in [6.07, 6.45) is 1.62. The summed E-state index contributed by atoms with van der Waals surface area (Å²) < 4.78 is 4.79. The molecule has 3 nitrogen and oxygen atoms in total. The van der Waals surface area contributed by atoms with E-state index in [1.54, 1.807) is 18.2 Å². The van der Waals surface area contributed by atoms with E-state index in [0.717, 1.165) is 24.0 Å². The number of ether oxygens (including phenoxy) is 1. The van der Waals surface area contributed by atoms with Crippen LogP contribution in [0.2, 0.25) is 5.02 Å². The number of methoxy groups -OCH3 is 1. The Morgan fingerprint density at radius 3 is 2.68 bits per heavy atom. The number of hydrogen-bond donors (Lipinski definition) is 1. The van der Waals surface area contributed by atoms with Gasteiger partial charge >= 0.3 is 5.97 Å². The molecule has 0 amide bonds. The molecule has 106 valence electrons. The quantitative estimate of drug-likeness (QED) is 0.811. The summed E-state index contributed by atoms with van der Waals surface area (Å²) in [6.45, 7) is 3.92. The zero-order chi connectivity index (χ0) is 14.4. The van der Waals surface area contributed by atoms with E-state index in [0.29, 0.717) is 11.4 Å². The summed E-state index contributed by atoms with van der Waals surface area (Å²) in [4.78, 5) is 11.8. The highest BCUT2D eigenvalue weighted by atomic mass is 35.5. The van der Waals surface area contributed by atoms with Gasteiger partial charge in [-0.2, -0.15) is 0 Å². The van der Waals surface area contributed by atoms with Crippen molar-refractivity contribution in [2.24, 2.45) is 5.92 Å². The lowest BCUT2D eigenvalue weighted by molar-refractivity contribution is -0.150. The second kappa shape index (κ2) is 7.51. The summed E-state index contributed by atoms with van der Waals surface area (Å²) in [5.74, 6) is -0.889. The van der Waals surface area contributed by atoms with E-state index < -0.39 is 12.0 Å². The van der Waals surface area contributed by atoms with Crippen LogP contribution in [0.15, 0.2) is 18.2 Å². The highest BCUT2D eigenvalue weighted by molar-refractivity contribution is 6.30. The smallest absolute Gasteiger partial charge is 0.311 e. The Kier molecular flexibility index (Phi) is 6.32. The van der Waals surface area contributed by atoms with Crippen molar-refractivity contribution in [3.8, 4) is 0 Å². The molecule has 0 aromatic heterocycles. The molecule has 1 aromatic carbocycles. The highest BCUT2D eigenvalue weighted by Crippen LogP contribution is 2.30. The van der Waals surface area contributed by atoms with Gasteiger partial charge in [0.1, 0.15) is 0 Å². The predicted molar refractivity (Wildman–Crippen MR) is 76.2 cm³/mol. The van der Waals surface area contributed by atoms with Gasteiger partial charge in [0.2, 0.25) is 0 Å². The van der Waals surface area contributed by atoms with Crippen LogP contribution in [0.1, 0.15) is 43.4 Å². The molecule has 2 atom stereocenters. The molecule has 0 saturated carbocycles. The third-order valence-corrected chi connectivity index (χ3v) is 3.54. The van der Waals surface area contributed by atoms with Gasteiger partial charge in [0.05, 0.1) is 19.1 Å². The molecule has 0 saturated heterocycles. The van der Waals surface area contributed by atoms with E-state index in [2.05, 4.69) is 0 Å². The van der Waals surface area contributed by atoms with Gasteiger partial charge in [0.25, 0.3) is 0 Å². The number of aliphatic hydroxyl groups excluding tert-OH is 1. The number of halogens is 1. The molecule has 2 unspecified atom stereocenters. The maximum absolute atomic E-state index is 11.8. The van der Waals surface area contributed by atoms with Gasteiger partial charge in [0, 0.05) is 5.02 Å². The van der Waals surface area contributed by atoms with Gasteiger partial charge in [-0.05, 0) is 36.6 Å². The fraction of sp³-hybridized carbons (Fsp3) is 0.533. The van der Waals surface area contributed by atoms with Crippen LogP contribution in [0.5, 0.6) is 0 Å². The van der Waals surface area contributed by atoms with Crippen molar-refractivity contribution >= 4 is 17.6 Å². The maximum atomic E-state index is 11.8. The molecular formula is C15H21ClO3. The van der Waals surface area contributed by atoms with Gasteiger partial charge in [-0.1, -0.05) is 37.4 Å². The van der Waals surface area contributed by atoms with Crippen molar-refractivity contribution in [3.05, 3.63) is 34.3 Å². The predicted octanol–water partition coefficient (Wildman–Crippen LogP) is 3.66. The molecule has 1 N–H and O–H groups in total. The van der Waals surface area contributed by atoms with E-state index in [1.807, 2.05) is 13.8 Å². The topological polar surface area (TPSA) is 46.5 Å². The van der Waals surface area contributed by atoms with E-state index in [9.17, 15) is 9.90 Å². The third kappa shape index (κ3) is 4.22. The van der Waals surface area contributed by atoms with Crippen molar-refractivity contribution in [2.45, 2.75) is 39.2 Å². The second-order valence-corrected chi connectivity index (χ2v) is 5.15. The van der Waals surface area contributed by atoms with E-state index >= 15 is 0 Å². The van der Waals surface area contributed by atoms with Crippen LogP contribution < -0.4 is 0 Å². The minimum atomic E-state index is -0.851. The lowest BCUT2D eigenvalue weighted by atomic mass is 9.89. The second-order valence-electron chi connectivity index (χ2n) is 4.72. The number of unbranched alkanes of at least 4 members (excludes halogenated alkanes) is 1. The Morgan fingerprint density at radius 2 is 2.16 bits per heavy atom. The Labute approximate surface area is 119 Å². The minimum Gasteiger partial charge on any atom is -0.469 e. The average molecular weight is 285 g/mol. The van der Waals surface area contributed by atoms with E-state index in [4.69, 9.17) is 16.3 Å². The van der Waals surface area contributed by atoms with Crippen LogP contribution in [-0.4, -0.2) is 18.2 Å². The first-order valence-corrected chi connectivity index (χ1v) is 6.91. The summed E-state index contributed by atoms with van der Waals surface area (Å²) in [5.41, 5.74) is 1.61. The fourth-order valence-corrected chi connectivity index (χ4v) is 2.39. The normalized spacial score (nSPS) is 13.9. The monoisotopic (exact) mass is 284 g/mol. The average Bonchev–Trinajstić information content (AvgIpc) is 2.38. The Balaban J connectivity index is 2.97. The number of rotatable bonds is 6. The van der Waals surface area contributed by atoms with Gasteiger partial charge < -0.3 is 9.84 Å². The molecule has 1 aromatic rings. The first-order chi connectivity index (χ1) is 9.01. The van der Waals surface area contributed by atoms with Crippen LogP contribution >= 0.6 is 11.6 Å². The van der Waals surface area contributed by atoms with Gasteiger partial charge in [-0.3, -0.25) is 4.79 Å². The number of benzene rings is 1. The molecule has 0 fully saturated rings. The number of esters is 1. The zero-order valence-electron chi connectivity index (χ0n) is 11.6. The fourth-order valence-electron chi connectivity index (χ4n) is 2.17. The van der Waals surface area contributed by atoms with Crippen LogP contribution in [0, 0.1) is 12.8 Å². The van der Waals surface area contributed by atoms with Gasteiger partial charge in [0.15, 0.2) is 0 Å². The minimum absolute atomic E-state index is 0.365. The van der Waals surface area contributed by atoms with Crippen molar-refractivity contribution < 1.29 is 14.6 Å². The Bertz CT molecular complexity index is 431. The van der Waals surface area contributed by atoms with Gasteiger partial charge in [-0.15, -0.1) is 0 Å². The van der Waals surface area contributed by atoms with Crippen molar-refractivity contribution in [2.75, 3.05) is 7.11 Å². The standard InChI is InChI=1S/C15H21ClO3/c1-4-5-6-13(15(18)19-3)14(17)12-8-7-11(16)9-10(12)2/h7-9,13-14,17H,4-6H2,1-3H3. The first-order valence-electron chi connectivity index (χ1n) is 6.53. The highest BCUT2D eigenvalue weighted by Gasteiger charge is 2.29. The lowest BCUT2D eigenvalue weighted by Crippen LogP contribution is -2.24. The molecule has 0 radical (unpaired) electrons. The van der Waals surface area contributed by atoms with Crippen molar-refractivity contribution in [1.82, 2.24) is 0 Å². The summed E-state index contributed by atoms with van der Waals surface area (Å²) in [6, 6.07) is 5.28. The van der Waals surface area contributed by atoms with Crippen LogP contribution in [0.25, 0.3) is 0 Å². The van der Waals surface area contributed by atoms with Crippen LogP contribution in [-0.2, 0) is 9.53 Å². The molecule has 0 spiro atoms. The summed E-state index contributed by atoms with van der Waals surface area (Å²) in [7, 11) is 1.35. The third-order valence-electron chi connectivity index (χ3n) is 3.30. The number of aliphatic hydroxyl groups is 1. The SMILES string of the molecule is CCCCC(C(=O)OC)C(O)c1ccc(Cl)cc1C. The van der Waals surface area contributed by atoms with Crippen molar-refractivity contribution in [3.63, 3.8) is 0 Å². The number of hydrogen-bond acceptors (Lipinski definition) is 3. The van der Waals surface area contributed by atoms with E-state index in [1.165, 1.54) is 7.11 Å². The first kappa shape index (κ1) is 16.0. The number of aryl methyl sites for hydroxylation is 1. The van der Waals surface area contributed by atoms with Crippen LogP contribution in [0.4, 0.5) is 0 Å². The van der Waals surface area contributed by atoms with E-state index in [-0.39, 0.29) is 5.97 Å². The molecule has 0 aliphatic rings. The summed E-state index contributed by atoms with van der Waals surface area (Å²) >= 11 is 5.90. The number of carbonyl (C=O) groups excluding carboxylic acids is 1. The van der Waals surface area contributed by atoms with Gasteiger partial charge in [-0.25, -0.2) is 0 Å².